The predicted molar refractivity (Wildman–Crippen MR) is 97.5 cm³/mol. The molecule has 0 aromatic heterocycles. The van der Waals surface area contributed by atoms with E-state index in [9.17, 15) is 4.79 Å². The average Bonchev–Trinajstić information content (AvgIpc) is 2.67. The van der Waals surface area contributed by atoms with Crippen LogP contribution in [0.3, 0.4) is 0 Å². The number of carbonyl (C=O) groups is 1. The van der Waals surface area contributed by atoms with Crippen molar-refractivity contribution in [2.45, 2.75) is 25.1 Å². The maximum absolute atomic E-state index is 13.2. The van der Waals surface area contributed by atoms with Crippen LogP contribution in [-0.4, -0.2) is 36.6 Å². The molecule has 5 heteroatoms. The first-order chi connectivity index (χ1) is 12.2. The first-order valence-corrected chi connectivity index (χ1v) is 9.05. The molecule has 2 aliphatic rings. The molecule has 2 aromatic carbocycles. The van der Waals surface area contributed by atoms with E-state index in [4.69, 9.17) is 16.3 Å². The molecule has 2 heterocycles. The maximum atomic E-state index is 13.2. The number of rotatable bonds is 2. The molecule has 0 radical (unpaired) electrons. The Morgan fingerprint density at radius 1 is 1.16 bits per heavy atom. The summed E-state index contributed by atoms with van der Waals surface area (Å²) < 4.78 is 5.71. The maximum Gasteiger partial charge on any atom is 0.253 e. The van der Waals surface area contributed by atoms with Crippen molar-refractivity contribution in [3.8, 4) is 0 Å². The SMILES string of the molecule is O=C(C1CNCCO1)N1Cc2cc(Cl)ccc2CC1c1ccccc1. The van der Waals surface area contributed by atoms with Crippen molar-refractivity contribution in [1.82, 2.24) is 10.2 Å². The summed E-state index contributed by atoms with van der Waals surface area (Å²) in [6.07, 6.45) is 0.378. The predicted octanol–water partition coefficient (Wildman–Crippen LogP) is 2.95. The van der Waals surface area contributed by atoms with E-state index in [2.05, 4.69) is 23.5 Å². The standard InChI is InChI=1S/C20H21ClN2O2/c21-17-7-6-15-11-18(14-4-2-1-3-5-14)23(13-16(15)10-17)20(24)19-12-22-8-9-25-19/h1-7,10,18-19,22H,8-9,11-13H2. The zero-order valence-electron chi connectivity index (χ0n) is 14.0. The van der Waals surface area contributed by atoms with Gasteiger partial charge in [-0.2, -0.15) is 0 Å². The zero-order chi connectivity index (χ0) is 17.2. The van der Waals surface area contributed by atoms with E-state index in [0.717, 1.165) is 24.1 Å². The molecule has 1 amide bonds. The van der Waals surface area contributed by atoms with Gasteiger partial charge in [0, 0.05) is 24.7 Å². The van der Waals surface area contributed by atoms with Crippen molar-refractivity contribution < 1.29 is 9.53 Å². The third-order valence-corrected chi connectivity index (χ3v) is 5.20. The number of carbonyl (C=O) groups excluding carboxylic acids is 1. The first-order valence-electron chi connectivity index (χ1n) is 8.67. The molecule has 4 rings (SSSR count). The van der Waals surface area contributed by atoms with Crippen LogP contribution < -0.4 is 5.32 Å². The Balaban J connectivity index is 1.68. The van der Waals surface area contributed by atoms with Gasteiger partial charge in [-0.1, -0.05) is 48.0 Å². The highest BCUT2D eigenvalue weighted by molar-refractivity contribution is 6.30. The summed E-state index contributed by atoms with van der Waals surface area (Å²) in [7, 11) is 0. The summed E-state index contributed by atoms with van der Waals surface area (Å²) in [4.78, 5) is 15.1. The molecule has 130 valence electrons. The number of hydrogen-bond acceptors (Lipinski definition) is 3. The fraction of sp³-hybridized carbons (Fsp3) is 0.350. The van der Waals surface area contributed by atoms with Crippen LogP contribution in [0.15, 0.2) is 48.5 Å². The van der Waals surface area contributed by atoms with Crippen LogP contribution in [0.2, 0.25) is 5.02 Å². The number of hydrogen-bond donors (Lipinski definition) is 1. The van der Waals surface area contributed by atoms with Crippen molar-refractivity contribution in [2.75, 3.05) is 19.7 Å². The van der Waals surface area contributed by atoms with Gasteiger partial charge < -0.3 is 15.0 Å². The molecule has 1 fully saturated rings. The minimum absolute atomic E-state index is 0.0212. The van der Waals surface area contributed by atoms with Gasteiger partial charge in [-0.15, -0.1) is 0 Å². The monoisotopic (exact) mass is 356 g/mol. The molecular formula is C20H21ClN2O2. The highest BCUT2D eigenvalue weighted by Crippen LogP contribution is 2.35. The highest BCUT2D eigenvalue weighted by Gasteiger charge is 2.35. The normalized spacial score (nSPS) is 23.2. The molecule has 0 bridgehead atoms. The van der Waals surface area contributed by atoms with Crippen LogP contribution >= 0.6 is 11.6 Å². The lowest BCUT2D eigenvalue weighted by molar-refractivity contribution is -0.149. The van der Waals surface area contributed by atoms with Gasteiger partial charge in [0.05, 0.1) is 12.6 Å². The number of halogens is 1. The molecular weight excluding hydrogens is 336 g/mol. The summed E-state index contributed by atoms with van der Waals surface area (Å²) in [5.74, 6) is 0.0479. The van der Waals surface area contributed by atoms with E-state index in [-0.39, 0.29) is 11.9 Å². The molecule has 0 aliphatic carbocycles. The lowest BCUT2D eigenvalue weighted by Gasteiger charge is -2.39. The fourth-order valence-electron chi connectivity index (χ4n) is 3.67. The summed E-state index contributed by atoms with van der Waals surface area (Å²) in [5.41, 5.74) is 3.53. The summed E-state index contributed by atoms with van der Waals surface area (Å²) >= 11 is 6.17. The number of amides is 1. The van der Waals surface area contributed by atoms with E-state index in [0.29, 0.717) is 24.7 Å². The molecule has 0 spiro atoms. The Morgan fingerprint density at radius 3 is 2.76 bits per heavy atom. The van der Waals surface area contributed by atoms with E-state index in [1.165, 1.54) is 5.56 Å². The fourth-order valence-corrected chi connectivity index (χ4v) is 3.86. The number of nitrogens with one attached hydrogen (secondary N) is 1. The van der Waals surface area contributed by atoms with Crippen molar-refractivity contribution in [1.29, 1.82) is 0 Å². The van der Waals surface area contributed by atoms with Gasteiger partial charge in [-0.3, -0.25) is 4.79 Å². The van der Waals surface area contributed by atoms with Gasteiger partial charge in [0.2, 0.25) is 0 Å². The summed E-state index contributed by atoms with van der Waals surface area (Å²) in [6, 6.07) is 16.2. The zero-order valence-corrected chi connectivity index (χ0v) is 14.7. The van der Waals surface area contributed by atoms with Crippen LogP contribution in [0.25, 0.3) is 0 Å². The third-order valence-electron chi connectivity index (χ3n) is 4.97. The van der Waals surface area contributed by atoms with E-state index in [1.807, 2.05) is 35.2 Å². The molecule has 2 aliphatic heterocycles. The molecule has 2 unspecified atom stereocenters. The first kappa shape index (κ1) is 16.6. The number of nitrogens with zero attached hydrogens (tertiary/aromatic N) is 1. The number of morpholine rings is 1. The van der Waals surface area contributed by atoms with Gasteiger partial charge in [-0.25, -0.2) is 0 Å². The second-order valence-electron chi connectivity index (χ2n) is 6.57. The van der Waals surface area contributed by atoms with Gasteiger partial charge in [0.1, 0.15) is 6.10 Å². The number of ether oxygens (including phenoxy) is 1. The smallest absolute Gasteiger partial charge is 0.253 e. The quantitative estimate of drug-likeness (QED) is 0.899. The molecule has 1 N–H and O–H groups in total. The summed E-state index contributed by atoms with van der Waals surface area (Å²) in [5, 5.41) is 3.95. The topological polar surface area (TPSA) is 41.6 Å². The van der Waals surface area contributed by atoms with E-state index < -0.39 is 6.10 Å². The van der Waals surface area contributed by atoms with Crippen LogP contribution in [0.5, 0.6) is 0 Å². The molecule has 0 saturated carbocycles. The second-order valence-corrected chi connectivity index (χ2v) is 7.01. The Kier molecular flexibility index (Phi) is 4.75. The second kappa shape index (κ2) is 7.16. The van der Waals surface area contributed by atoms with Gasteiger partial charge in [0.25, 0.3) is 5.91 Å². The van der Waals surface area contributed by atoms with Crippen LogP contribution in [0.1, 0.15) is 22.7 Å². The van der Waals surface area contributed by atoms with Crippen molar-refractivity contribution in [2.24, 2.45) is 0 Å². The van der Waals surface area contributed by atoms with Gasteiger partial charge in [0.15, 0.2) is 0 Å². The van der Waals surface area contributed by atoms with Crippen LogP contribution in [0.4, 0.5) is 0 Å². The Labute approximate surface area is 152 Å². The minimum atomic E-state index is -0.416. The van der Waals surface area contributed by atoms with Crippen LogP contribution in [-0.2, 0) is 22.5 Å². The van der Waals surface area contributed by atoms with E-state index >= 15 is 0 Å². The van der Waals surface area contributed by atoms with Crippen molar-refractivity contribution in [3.63, 3.8) is 0 Å². The lowest BCUT2D eigenvalue weighted by Crippen LogP contribution is -2.51. The Hall–Kier alpha value is -1.88. The third kappa shape index (κ3) is 3.43. The Morgan fingerprint density at radius 2 is 2.00 bits per heavy atom. The highest BCUT2D eigenvalue weighted by atomic mass is 35.5. The number of benzene rings is 2. The molecule has 25 heavy (non-hydrogen) atoms. The molecule has 2 aromatic rings. The molecule has 2 atom stereocenters. The summed E-state index contributed by atoms with van der Waals surface area (Å²) in [6.45, 7) is 2.50. The van der Waals surface area contributed by atoms with Gasteiger partial charge in [-0.05, 0) is 35.2 Å². The lowest BCUT2D eigenvalue weighted by atomic mass is 9.89. The van der Waals surface area contributed by atoms with E-state index in [1.54, 1.807) is 0 Å². The Bertz CT molecular complexity index is 760. The van der Waals surface area contributed by atoms with Gasteiger partial charge >= 0.3 is 0 Å². The van der Waals surface area contributed by atoms with Crippen molar-refractivity contribution >= 4 is 17.5 Å². The average molecular weight is 357 g/mol. The number of fused-ring (bicyclic) bond motifs is 1. The van der Waals surface area contributed by atoms with Crippen LogP contribution in [0, 0.1) is 0 Å². The van der Waals surface area contributed by atoms with Crippen molar-refractivity contribution in [3.05, 3.63) is 70.2 Å². The molecule has 1 saturated heterocycles. The minimum Gasteiger partial charge on any atom is -0.366 e. The molecule has 4 nitrogen and oxygen atoms in total. The largest absolute Gasteiger partial charge is 0.366 e.